The van der Waals surface area contributed by atoms with E-state index in [-0.39, 0.29) is 0 Å². The van der Waals surface area contributed by atoms with Crippen LogP contribution in [0.5, 0.6) is 5.75 Å². The number of likely N-dealkylation sites (N-methyl/N-ethyl adjacent to an activating group) is 2. The summed E-state index contributed by atoms with van der Waals surface area (Å²) in [5.41, 5.74) is 3.55. The number of nitrogens with zero attached hydrogens (tertiary/aromatic N) is 4. The lowest BCUT2D eigenvalue weighted by atomic mass is 10.1. The number of ether oxygens (including phenoxy) is 1. The number of aromatic nitrogens is 2. The summed E-state index contributed by atoms with van der Waals surface area (Å²) in [6.07, 6.45) is 1.66. The molecule has 7 heteroatoms. The monoisotopic (exact) mass is 408 g/mol. The summed E-state index contributed by atoms with van der Waals surface area (Å²) in [7, 11) is 6.20. The van der Waals surface area contributed by atoms with E-state index in [1.165, 1.54) is 0 Å². The fourth-order valence-corrected chi connectivity index (χ4v) is 3.48. The second-order valence-corrected chi connectivity index (χ2v) is 7.84. The lowest BCUT2D eigenvalue weighted by Gasteiger charge is -2.16. The van der Waals surface area contributed by atoms with Gasteiger partial charge in [0.1, 0.15) is 12.4 Å². The first-order valence-corrected chi connectivity index (χ1v) is 10.3. The fraction of sp³-hybridized carbons (Fsp3) is 0.391. The largest absolute Gasteiger partial charge is 0.491 e. The number of hydrogen-bond donors (Lipinski definition) is 0. The van der Waals surface area contributed by atoms with Gasteiger partial charge in [0, 0.05) is 37.9 Å². The molecule has 0 amide bonds. The predicted molar refractivity (Wildman–Crippen MR) is 117 cm³/mol. The molecule has 0 saturated heterocycles. The summed E-state index contributed by atoms with van der Waals surface area (Å²) in [6.45, 7) is 3.19. The van der Waals surface area contributed by atoms with Crippen LogP contribution in [-0.4, -0.2) is 67.5 Å². The van der Waals surface area contributed by atoms with Crippen LogP contribution in [0.2, 0.25) is 0 Å². The average molecular weight is 409 g/mol. The minimum Gasteiger partial charge on any atom is -0.491 e. The molecule has 7 nitrogen and oxygen atoms in total. The highest BCUT2D eigenvalue weighted by molar-refractivity contribution is 5.86. The van der Waals surface area contributed by atoms with E-state index >= 15 is 0 Å². The van der Waals surface area contributed by atoms with Gasteiger partial charge >= 0.3 is 0 Å². The van der Waals surface area contributed by atoms with Crippen molar-refractivity contribution < 1.29 is 13.8 Å². The quantitative estimate of drug-likeness (QED) is 0.397. The number of hydrogen-bond acceptors (Lipinski definition) is 7. The van der Waals surface area contributed by atoms with Crippen molar-refractivity contribution in [1.29, 1.82) is 0 Å². The Balaban J connectivity index is 1.32. The number of fused-ring (bicyclic) bond motifs is 2. The predicted octanol–water partition coefficient (Wildman–Crippen LogP) is 3.63. The van der Waals surface area contributed by atoms with E-state index in [1.807, 2.05) is 36.4 Å². The van der Waals surface area contributed by atoms with E-state index in [9.17, 15) is 0 Å². The Morgan fingerprint density at radius 3 is 2.40 bits per heavy atom. The number of para-hydroxylation sites is 1. The Kier molecular flexibility index (Phi) is 6.30. The van der Waals surface area contributed by atoms with Gasteiger partial charge in [0.25, 0.3) is 0 Å². The van der Waals surface area contributed by atoms with Crippen LogP contribution in [0.15, 0.2) is 51.5 Å². The second kappa shape index (κ2) is 9.28. The number of rotatable bonds is 10. The summed E-state index contributed by atoms with van der Waals surface area (Å²) in [5.74, 6) is 0.832. The van der Waals surface area contributed by atoms with Crippen molar-refractivity contribution in [2.24, 2.45) is 0 Å². The molecule has 4 aromatic rings. The van der Waals surface area contributed by atoms with E-state index in [2.05, 4.69) is 47.3 Å². The highest BCUT2D eigenvalue weighted by atomic mass is 16.5. The lowest BCUT2D eigenvalue weighted by molar-refractivity contribution is 0.240. The normalized spacial score (nSPS) is 11.9. The van der Waals surface area contributed by atoms with Gasteiger partial charge in [-0.3, -0.25) is 0 Å². The molecule has 30 heavy (non-hydrogen) atoms. The first kappa shape index (κ1) is 20.4. The van der Waals surface area contributed by atoms with Crippen molar-refractivity contribution in [3.63, 3.8) is 0 Å². The minimum atomic E-state index is 0.591. The molecule has 0 aliphatic heterocycles. The first-order valence-electron chi connectivity index (χ1n) is 10.3. The zero-order valence-electron chi connectivity index (χ0n) is 17.8. The van der Waals surface area contributed by atoms with Crippen LogP contribution in [0, 0.1) is 0 Å². The summed E-state index contributed by atoms with van der Waals surface area (Å²) in [6, 6.07) is 13.8. The third-order valence-corrected chi connectivity index (χ3v) is 5.24. The second-order valence-electron chi connectivity index (χ2n) is 7.84. The molecule has 0 spiro atoms. The van der Waals surface area contributed by atoms with E-state index in [0.29, 0.717) is 6.61 Å². The molecule has 0 bridgehead atoms. The Morgan fingerprint density at radius 1 is 0.800 bits per heavy atom. The molecule has 0 fully saturated rings. The van der Waals surface area contributed by atoms with Crippen LogP contribution in [-0.2, 0) is 12.8 Å². The highest BCUT2D eigenvalue weighted by Gasteiger charge is 2.14. The van der Waals surface area contributed by atoms with Crippen LogP contribution in [0.1, 0.15) is 11.4 Å². The Hall–Kier alpha value is -2.90. The SMILES string of the molecule is CN(C)CCc1noc2cccc(OCCN(C)CCc3noc4ccccc34)c12. The fourth-order valence-electron chi connectivity index (χ4n) is 3.48. The molecule has 0 atom stereocenters. The molecule has 0 aliphatic carbocycles. The maximum atomic E-state index is 6.11. The van der Waals surface area contributed by atoms with Crippen molar-refractivity contribution in [3.8, 4) is 5.75 Å². The topological polar surface area (TPSA) is 67.8 Å². The van der Waals surface area contributed by atoms with E-state index in [4.69, 9.17) is 13.8 Å². The Labute approximate surface area is 176 Å². The molecular weight excluding hydrogens is 380 g/mol. The van der Waals surface area contributed by atoms with E-state index < -0.39 is 0 Å². The summed E-state index contributed by atoms with van der Waals surface area (Å²) >= 11 is 0. The van der Waals surface area contributed by atoms with Crippen molar-refractivity contribution >= 4 is 21.9 Å². The van der Waals surface area contributed by atoms with Crippen LogP contribution < -0.4 is 4.74 Å². The third-order valence-electron chi connectivity index (χ3n) is 5.24. The van der Waals surface area contributed by atoms with Gasteiger partial charge in [-0.15, -0.1) is 0 Å². The molecule has 2 heterocycles. The van der Waals surface area contributed by atoms with Crippen molar-refractivity contribution in [2.45, 2.75) is 12.8 Å². The standard InChI is InChI=1S/C23H28N4O3/c1-26(2)13-11-19-23-21(9-6-10-22(23)30-25-19)28-16-15-27(3)14-12-18-17-7-4-5-8-20(17)29-24-18/h4-10H,11-16H2,1-3H3. The Bertz CT molecular complexity index is 1100. The van der Waals surface area contributed by atoms with Gasteiger partial charge in [-0.2, -0.15) is 0 Å². The van der Waals surface area contributed by atoms with Crippen LogP contribution in [0.25, 0.3) is 21.9 Å². The first-order chi connectivity index (χ1) is 14.6. The summed E-state index contributed by atoms with van der Waals surface area (Å²) in [4.78, 5) is 4.38. The van der Waals surface area contributed by atoms with E-state index in [1.54, 1.807) is 0 Å². The van der Waals surface area contributed by atoms with Gasteiger partial charge in [-0.05, 0) is 45.4 Å². The van der Waals surface area contributed by atoms with Crippen LogP contribution >= 0.6 is 0 Å². The minimum absolute atomic E-state index is 0.591. The molecule has 4 rings (SSSR count). The van der Waals surface area contributed by atoms with Crippen LogP contribution in [0.3, 0.4) is 0 Å². The molecule has 158 valence electrons. The average Bonchev–Trinajstić information content (AvgIpc) is 3.35. The molecule has 0 saturated carbocycles. The highest BCUT2D eigenvalue weighted by Crippen LogP contribution is 2.29. The zero-order chi connectivity index (χ0) is 20.9. The molecule has 2 aromatic heterocycles. The smallest absolute Gasteiger partial charge is 0.170 e. The summed E-state index contributed by atoms with van der Waals surface area (Å²) in [5, 5.41) is 10.5. The van der Waals surface area contributed by atoms with Crippen molar-refractivity contribution in [1.82, 2.24) is 20.1 Å². The molecular formula is C23H28N4O3. The molecule has 2 aromatic carbocycles. The van der Waals surface area contributed by atoms with Gasteiger partial charge in [-0.1, -0.05) is 28.5 Å². The molecule has 0 radical (unpaired) electrons. The van der Waals surface area contributed by atoms with Gasteiger partial charge in [0.05, 0.1) is 16.8 Å². The van der Waals surface area contributed by atoms with Crippen LogP contribution in [0.4, 0.5) is 0 Å². The molecule has 0 N–H and O–H groups in total. The molecule has 0 unspecified atom stereocenters. The van der Waals surface area contributed by atoms with Gasteiger partial charge < -0.3 is 23.6 Å². The van der Waals surface area contributed by atoms with Crippen molar-refractivity contribution in [2.75, 3.05) is 47.4 Å². The summed E-state index contributed by atoms with van der Waals surface area (Å²) < 4.78 is 17.0. The maximum absolute atomic E-state index is 6.11. The lowest BCUT2D eigenvalue weighted by Crippen LogP contribution is -2.26. The van der Waals surface area contributed by atoms with Gasteiger partial charge in [-0.25, -0.2) is 0 Å². The molecule has 0 aliphatic rings. The van der Waals surface area contributed by atoms with Gasteiger partial charge in [0.15, 0.2) is 11.2 Å². The number of benzene rings is 2. The Morgan fingerprint density at radius 2 is 1.53 bits per heavy atom. The van der Waals surface area contributed by atoms with Crippen molar-refractivity contribution in [3.05, 3.63) is 53.9 Å². The maximum Gasteiger partial charge on any atom is 0.170 e. The third kappa shape index (κ3) is 4.63. The zero-order valence-corrected chi connectivity index (χ0v) is 17.8. The van der Waals surface area contributed by atoms with E-state index in [0.717, 1.165) is 71.6 Å². The van der Waals surface area contributed by atoms with Gasteiger partial charge in [0.2, 0.25) is 0 Å².